The fourth-order valence-corrected chi connectivity index (χ4v) is 2.11. The Kier molecular flexibility index (Phi) is 4.66. The van der Waals surface area contributed by atoms with Gasteiger partial charge in [-0.1, -0.05) is 18.5 Å². The van der Waals surface area contributed by atoms with Crippen molar-refractivity contribution < 1.29 is 4.79 Å². The Labute approximate surface area is 118 Å². The Morgan fingerprint density at radius 1 is 1.53 bits per heavy atom. The largest absolute Gasteiger partial charge is 0.397 e. The van der Waals surface area contributed by atoms with Gasteiger partial charge >= 0.3 is 0 Å². The van der Waals surface area contributed by atoms with Gasteiger partial charge in [-0.2, -0.15) is 0 Å². The summed E-state index contributed by atoms with van der Waals surface area (Å²) < 4.78 is 0. The van der Waals surface area contributed by atoms with Crippen LogP contribution in [0.25, 0.3) is 0 Å². The number of hydrogen-bond acceptors (Lipinski definition) is 3. The minimum atomic E-state index is -0.00998. The Morgan fingerprint density at radius 2 is 2.26 bits per heavy atom. The van der Waals surface area contributed by atoms with E-state index in [2.05, 4.69) is 17.1 Å². The molecule has 0 saturated heterocycles. The number of halogens is 1. The number of benzene rings is 1. The smallest absolute Gasteiger partial charge is 0.238 e. The van der Waals surface area contributed by atoms with Crippen LogP contribution in [-0.2, 0) is 4.79 Å². The summed E-state index contributed by atoms with van der Waals surface area (Å²) in [6.45, 7) is 4.42. The highest BCUT2D eigenvalue weighted by Crippen LogP contribution is 2.29. The number of hydrogen-bond donors (Lipinski definition) is 2. The highest BCUT2D eigenvalue weighted by Gasteiger charge is 2.24. The van der Waals surface area contributed by atoms with Crippen LogP contribution in [-0.4, -0.2) is 30.4 Å². The molecule has 0 unspecified atom stereocenters. The summed E-state index contributed by atoms with van der Waals surface area (Å²) in [5.74, 6) is 0.781. The van der Waals surface area contributed by atoms with Gasteiger partial charge < -0.3 is 11.1 Å². The Morgan fingerprint density at radius 3 is 2.84 bits per heavy atom. The molecule has 1 saturated carbocycles. The van der Waals surface area contributed by atoms with Crippen LogP contribution in [0.4, 0.5) is 11.4 Å². The van der Waals surface area contributed by atoms with Gasteiger partial charge in [0.05, 0.1) is 17.3 Å². The molecule has 0 aliphatic heterocycles. The quantitative estimate of drug-likeness (QED) is 0.788. The molecule has 4 nitrogen and oxygen atoms in total. The minimum Gasteiger partial charge on any atom is -0.397 e. The SMILES string of the molecule is CCN(CC(=O)Nc1ccc(Cl)c(N)c1)CC1CC1. The van der Waals surface area contributed by atoms with Crippen LogP contribution >= 0.6 is 11.6 Å². The topological polar surface area (TPSA) is 58.4 Å². The van der Waals surface area contributed by atoms with Crippen molar-refractivity contribution in [1.82, 2.24) is 4.90 Å². The summed E-state index contributed by atoms with van der Waals surface area (Å²) in [6.07, 6.45) is 2.59. The molecule has 1 amide bonds. The van der Waals surface area contributed by atoms with E-state index in [1.165, 1.54) is 12.8 Å². The van der Waals surface area contributed by atoms with Gasteiger partial charge in [-0.3, -0.25) is 9.69 Å². The summed E-state index contributed by atoms with van der Waals surface area (Å²) in [4.78, 5) is 14.1. The molecule has 2 rings (SSSR count). The number of nitrogens with two attached hydrogens (primary N) is 1. The van der Waals surface area contributed by atoms with Gasteiger partial charge in [0.25, 0.3) is 0 Å². The molecule has 5 heteroatoms. The van der Waals surface area contributed by atoms with E-state index >= 15 is 0 Å². The van der Waals surface area contributed by atoms with E-state index in [-0.39, 0.29) is 5.91 Å². The molecule has 1 aromatic carbocycles. The third kappa shape index (κ3) is 4.40. The lowest BCUT2D eigenvalue weighted by atomic mass is 10.2. The van der Waals surface area contributed by atoms with Crippen LogP contribution in [0.2, 0.25) is 5.02 Å². The molecule has 19 heavy (non-hydrogen) atoms. The van der Waals surface area contributed by atoms with Gasteiger partial charge in [-0.25, -0.2) is 0 Å². The molecule has 1 aliphatic rings. The number of rotatable bonds is 6. The van der Waals surface area contributed by atoms with E-state index in [9.17, 15) is 4.79 Å². The van der Waals surface area contributed by atoms with Crippen molar-refractivity contribution in [2.24, 2.45) is 5.92 Å². The number of carbonyl (C=O) groups excluding carboxylic acids is 1. The average molecular weight is 282 g/mol. The van der Waals surface area contributed by atoms with Crippen LogP contribution in [0.15, 0.2) is 18.2 Å². The highest BCUT2D eigenvalue weighted by atomic mass is 35.5. The molecule has 0 aromatic heterocycles. The summed E-state index contributed by atoms with van der Waals surface area (Å²) >= 11 is 5.84. The Bertz CT molecular complexity index is 460. The molecule has 1 fully saturated rings. The molecule has 0 spiro atoms. The second kappa shape index (κ2) is 6.26. The number of amides is 1. The number of nitrogen functional groups attached to an aromatic ring is 1. The van der Waals surface area contributed by atoms with Crippen molar-refractivity contribution >= 4 is 28.9 Å². The van der Waals surface area contributed by atoms with E-state index in [0.717, 1.165) is 19.0 Å². The molecule has 0 bridgehead atoms. The van der Waals surface area contributed by atoms with Gasteiger partial charge in [0, 0.05) is 12.2 Å². The first kappa shape index (κ1) is 14.2. The zero-order chi connectivity index (χ0) is 13.8. The molecule has 1 aromatic rings. The van der Waals surface area contributed by atoms with E-state index in [1.807, 2.05) is 0 Å². The molecule has 0 radical (unpaired) electrons. The summed E-state index contributed by atoms with van der Waals surface area (Å²) in [6, 6.07) is 5.12. The van der Waals surface area contributed by atoms with Crippen molar-refractivity contribution in [3.05, 3.63) is 23.2 Å². The maximum atomic E-state index is 12.0. The van der Waals surface area contributed by atoms with Crippen molar-refractivity contribution in [2.45, 2.75) is 19.8 Å². The van der Waals surface area contributed by atoms with Gasteiger partial charge in [0.1, 0.15) is 0 Å². The maximum Gasteiger partial charge on any atom is 0.238 e. The predicted octanol–water partition coefficient (Wildman–Crippen LogP) is 2.59. The third-order valence-electron chi connectivity index (χ3n) is 3.31. The van der Waals surface area contributed by atoms with E-state index in [0.29, 0.717) is 22.9 Å². The number of anilines is 2. The second-order valence-electron chi connectivity index (χ2n) is 5.06. The molecule has 0 atom stereocenters. The number of likely N-dealkylation sites (N-methyl/N-ethyl adjacent to an activating group) is 1. The lowest BCUT2D eigenvalue weighted by Crippen LogP contribution is -2.34. The fraction of sp³-hybridized carbons (Fsp3) is 0.500. The Balaban J connectivity index is 1.86. The van der Waals surface area contributed by atoms with E-state index in [1.54, 1.807) is 18.2 Å². The van der Waals surface area contributed by atoms with E-state index < -0.39 is 0 Å². The van der Waals surface area contributed by atoms with Crippen molar-refractivity contribution in [1.29, 1.82) is 0 Å². The predicted molar refractivity (Wildman–Crippen MR) is 79.3 cm³/mol. The average Bonchev–Trinajstić information content (AvgIpc) is 3.17. The number of carbonyl (C=O) groups is 1. The van der Waals surface area contributed by atoms with Crippen molar-refractivity contribution in [2.75, 3.05) is 30.7 Å². The number of nitrogens with one attached hydrogen (secondary N) is 1. The zero-order valence-corrected chi connectivity index (χ0v) is 11.9. The molecule has 0 heterocycles. The van der Waals surface area contributed by atoms with Crippen molar-refractivity contribution in [3.63, 3.8) is 0 Å². The summed E-state index contributed by atoms with van der Waals surface area (Å²) in [5, 5.41) is 3.35. The van der Waals surface area contributed by atoms with Crippen LogP contribution < -0.4 is 11.1 Å². The van der Waals surface area contributed by atoms with Gasteiger partial charge in [-0.15, -0.1) is 0 Å². The van der Waals surface area contributed by atoms with Gasteiger partial charge in [0.2, 0.25) is 5.91 Å². The number of nitrogens with zero attached hydrogens (tertiary/aromatic N) is 1. The molecule has 3 N–H and O–H groups in total. The van der Waals surface area contributed by atoms with Crippen LogP contribution in [0, 0.1) is 5.92 Å². The van der Waals surface area contributed by atoms with Crippen LogP contribution in [0.5, 0.6) is 0 Å². The lowest BCUT2D eigenvalue weighted by molar-refractivity contribution is -0.117. The van der Waals surface area contributed by atoms with Gasteiger partial charge in [-0.05, 0) is 43.5 Å². The first-order valence-electron chi connectivity index (χ1n) is 6.65. The Hall–Kier alpha value is -1.26. The van der Waals surface area contributed by atoms with Crippen molar-refractivity contribution in [3.8, 4) is 0 Å². The molecule has 104 valence electrons. The van der Waals surface area contributed by atoms with Crippen LogP contribution in [0.3, 0.4) is 0 Å². The minimum absolute atomic E-state index is 0.00998. The lowest BCUT2D eigenvalue weighted by Gasteiger charge is -2.19. The van der Waals surface area contributed by atoms with E-state index in [4.69, 9.17) is 17.3 Å². The third-order valence-corrected chi connectivity index (χ3v) is 3.65. The fourth-order valence-electron chi connectivity index (χ4n) is 2.00. The standard InChI is InChI=1S/C14H20ClN3O/c1-2-18(8-10-3-4-10)9-14(19)17-11-5-6-12(15)13(16)7-11/h5-7,10H,2-4,8-9,16H2,1H3,(H,17,19). The molecule has 1 aliphatic carbocycles. The first-order chi connectivity index (χ1) is 9.08. The second-order valence-corrected chi connectivity index (χ2v) is 5.46. The normalized spacial score (nSPS) is 14.7. The first-order valence-corrected chi connectivity index (χ1v) is 7.03. The summed E-state index contributed by atoms with van der Waals surface area (Å²) in [5.41, 5.74) is 6.87. The van der Waals surface area contributed by atoms with Crippen LogP contribution in [0.1, 0.15) is 19.8 Å². The zero-order valence-electron chi connectivity index (χ0n) is 11.2. The monoisotopic (exact) mass is 281 g/mol. The highest BCUT2D eigenvalue weighted by molar-refractivity contribution is 6.33. The maximum absolute atomic E-state index is 12.0. The molecular formula is C14H20ClN3O. The summed E-state index contributed by atoms with van der Waals surface area (Å²) in [7, 11) is 0. The van der Waals surface area contributed by atoms with Gasteiger partial charge in [0.15, 0.2) is 0 Å². The molecular weight excluding hydrogens is 262 g/mol.